The van der Waals surface area contributed by atoms with Crippen LogP contribution in [0.5, 0.6) is 0 Å². The zero-order chi connectivity index (χ0) is 20.1. The molecule has 0 bridgehead atoms. The van der Waals surface area contributed by atoms with Crippen LogP contribution in [-0.4, -0.2) is 14.5 Å². The molecule has 3 aromatic rings. The van der Waals surface area contributed by atoms with Crippen molar-refractivity contribution in [2.45, 2.75) is 44.4 Å². The summed E-state index contributed by atoms with van der Waals surface area (Å²) in [7, 11) is 0. The third kappa shape index (κ3) is 3.34. The van der Waals surface area contributed by atoms with Crippen LogP contribution in [-0.2, 0) is 11.7 Å². The van der Waals surface area contributed by atoms with Crippen molar-refractivity contribution < 1.29 is 13.2 Å². The van der Waals surface area contributed by atoms with E-state index in [1.807, 2.05) is 6.92 Å². The molecule has 1 aliphatic rings. The van der Waals surface area contributed by atoms with Gasteiger partial charge in [-0.1, -0.05) is 12.1 Å². The van der Waals surface area contributed by atoms with Crippen molar-refractivity contribution in [3.8, 4) is 0 Å². The van der Waals surface area contributed by atoms with E-state index in [4.69, 9.17) is 0 Å². The Morgan fingerprint density at radius 2 is 1.96 bits per heavy atom. The summed E-state index contributed by atoms with van der Waals surface area (Å²) < 4.78 is 40.7. The van der Waals surface area contributed by atoms with Crippen LogP contribution in [0.15, 0.2) is 47.7 Å². The summed E-state index contributed by atoms with van der Waals surface area (Å²) in [5.41, 5.74) is -0.0153. The van der Waals surface area contributed by atoms with Crippen LogP contribution < -0.4 is 10.9 Å². The van der Waals surface area contributed by atoms with Gasteiger partial charge < -0.3 is 9.88 Å². The number of alkyl halides is 3. The van der Waals surface area contributed by atoms with Crippen molar-refractivity contribution in [1.82, 2.24) is 14.5 Å². The van der Waals surface area contributed by atoms with Crippen LogP contribution in [0.3, 0.4) is 0 Å². The number of hydrogen-bond donors (Lipinski definition) is 1. The van der Waals surface area contributed by atoms with Gasteiger partial charge in [0.1, 0.15) is 12.1 Å². The Balaban J connectivity index is 1.71. The fraction of sp³-hybridized carbons (Fsp3) is 0.350. The second-order valence-electron chi connectivity index (χ2n) is 7.49. The smallest absolute Gasteiger partial charge is 0.363 e. The molecule has 0 amide bonds. The molecule has 146 valence electrons. The van der Waals surface area contributed by atoms with Crippen LogP contribution in [0.1, 0.15) is 43.9 Å². The quantitative estimate of drug-likeness (QED) is 0.715. The minimum atomic E-state index is -4.40. The van der Waals surface area contributed by atoms with Gasteiger partial charge in [0.15, 0.2) is 0 Å². The minimum absolute atomic E-state index is 0.122. The molecular formula is C20H19F3N4O. The zero-order valence-electron chi connectivity index (χ0n) is 15.4. The molecule has 1 fully saturated rings. The van der Waals surface area contributed by atoms with E-state index in [1.165, 1.54) is 18.5 Å². The average molecular weight is 388 g/mol. The lowest BCUT2D eigenvalue weighted by Crippen LogP contribution is -2.27. The summed E-state index contributed by atoms with van der Waals surface area (Å²) in [6, 6.07) is 6.25. The molecule has 0 aliphatic heterocycles. The maximum atomic E-state index is 13.0. The number of halogens is 3. The fourth-order valence-electron chi connectivity index (χ4n) is 3.26. The van der Waals surface area contributed by atoms with Gasteiger partial charge in [-0.25, -0.2) is 9.97 Å². The van der Waals surface area contributed by atoms with Crippen LogP contribution in [0, 0.1) is 0 Å². The number of nitrogens with one attached hydrogen (secondary N) is 1. The monoisotopic (exact) mass is 388 g/mol. The molecule has 1 aliphatic carbocycles. The Kier molecular flexibility index (Phi) is 4.17. The Morgan fingerprint density at radius 1 is 1.21 bits per heavy atom. The van der Waals surface area contributed by atoms with Gasteiger partial charge in [0, 0.05) is 23.8 Å². The third-order valence-corrected chi connectivity index (χ3v) is 5.29. The van der Waals surface area contributed by atoms with E-state index < -0.39 is 17.8 Å². The molecule has 0 radical (unpaired) electrons. The lowest BCUT2D eigenvalue weighted by atomic mass is 10.0. The van der Waals surface area contributed by atoms with Crippen LogP contribution in [0.25, 0.3) is 10.9 Å². The van der Waals surface area contributed by atoms with Gasteiger partial charge >= 0.3 is 6.18 Å². The number of aromatic nitrogens is 3. The lowest BCUT2D eigenvalue weighted by molar-refractivity contribution is -0.137. The number of anilines is 1. The molecule has 0 saturated heterocycles. The highest BCUT2D eigenvalue weighted by Gasteiger charge is 2.40. The first-order valence-corrected chi connectivity index (χ1v) is 8.99. The average Bonchev–Trinajstić information content (AvgIpc) is 3.39. The third-order valence-electron chi connectivity index (χ3n) is 5.29. The number of nitrogens with zero attached hydrogens (tertiary/aromatic N) is 3. The molecule has 2 aromatic heterocycles. The van der Waals surface area contributed by atoms with Gasteiger partial charge in [0.25, 0.3) is 5.56 Å². The molecule has 1 atom stereocenters. The SMILES string of the molecule is CC(Nc1ncnc2cc(=O)n(C3(C)CC3)cc12)c1cccc(C(F)(F)F)c1. The van der Waals surface area contributed by atoms with Crippen molar-refractivity contribution >= 4 is 16.7 Å². The number of pyridine rings is 1. The van der Waals surface area contributed by atoms with Crippen molar-refractivity contribution in [3.63, 3.8) is 0 Å². The van der Waals surface area contributed by atoms with Crippen molar-refractivity contribution in [3.05, 3.63) is 64.3 Å². The Hall–Kier alpha value is -2.90. The molecule has 8 heteroatoms. The molecule has 1 aromatic carbocycles. The van der Waals surface area contributed by atoms with E-state index in [9.17, 15) is 18.0 Å². The molecular weight excluding hydrogens is 369 g/mol. The summed E-state index contributed by atoms with van der Waals surface area (Å²) in [6.45, 7) is 3.78. The van der Waals surface area contributed by atoms with Crippen LogP contribution in [0.2, 0.25) is 0 Å². The van der Waals surface area contributed by atoms with E-state index in [-0.39, 0.29) is 11.1 Å². The Morgan fingerprint density at radius 3 is 2.64 bits per heavy atom. The first-order chi connectivity index (χ1) is 13.2. The largest absolute Gasteiger partial charge is 0.416 e. The van der Waals surface area contributed by atoms with Crippen LogP contribution in [0.4, 0.5) is 19.0 Å². The summed E-state index contributed by atoms with van der Waals surface area (Å²) in [4.78, 5) is 20.8. The lowest BCUT2D eigenvalue weighted by Gasteiger charge is -2.19. The molecule has 1 N–H and O–H groups in total. The molecule has 0 spiro atoms. The highest BCUT2D eigenvalue weighted by Crippen LogP contribution is 2.42. The molecule has 2 heterocycles. The van der Waals surface area contributed by atoms with Crippen molar-refractivity contribution in [1.29, 1.82) is 0 Å². The molecule has 4 rings (SSSR count). The van der Waals surface area contributed by atoms with E-state index in [2.05, 4.69) is 15.3 Å². The fourth-order valence-corrected chi connectivity index (χ4v) is 3.26. The number of rotatable bonds is 4. The summed E-state index contributed by atoms with van der Waals surface area (Å²) >= 11 is 0. The Labute approximate surface area is 159 Å². The highest BCUT2D eigenvalue weighted by molar-refractivity contribution is 5.88. The topological polar surface area (TPSA) is 59.8 Å². The van der Waals surface area contributed by atoms with Crippen LogP contribution >= 0.6 is 0 Å². The van der Waals surface area contributed by atoms with Gasteiger partial charge in [-0.15, -0.1) is 0 Å². The van der Waals surface area contributed by atoms with E-state index in [1.54, 1.807) is 23.8 Å². The van der Waals surface area contributed by atoms with E-state index >= 15 is 0 Å². The van der Waals surface area contributed by atoms with Crippen molar-refractivity contribution in [2.24, 2.45) is 0 Å². The zero-order valence-corrected chi connectivity index (χ0v) is 15.4. The van der Waals surface area contributed by atoms with Gasteiger partial charge in [0.05, 0.1) is 16.5 Å². The highest BCUT2D eigenvalue weighted by atomic mass is 19.4. The standard InChI is InChI=1S/C20H19F3N4O/c1-12(13-4-3-5-14(8-13)20(21,22)23)26-18-15-10-27(19(2)6-7-19)17(28)9-16(15)24-11-25-18/h3-5,8-12H,6-7H2,1-2H3,(H,24,25,26). The second-order valence-corrected chi connectivity index (χ2v) is 7.49. The summed E-state index contributed by atoms with van der Waals surface area (Å²) in [5.74, 6) is 0.480. The predicted molar refractivity (Wildman–Crippen MR) is 100 cm³/mol. The maximum Gasteiger partial charge on any atom is 0.416 e. The molecule has 1 unspecified atom stereocenters. The second kappa shape index (κ2) is 6.32. The molecule has 1 saturated carbocycles. The van der Waals surface area contributed by atoms with Gasteiger partial charge in [-0.05, 0) is 44.4 Å². The number of hydrogen-bond acceptors (Lipinski definition) is 4. The number of benzene rings is 1. The Bertz CT molecular complexity index is 1100. The minimum Gasteiger partial charge on any atom is -0.363 e. The summed E-state index contributed by atoms with van der Waals surface area (Å²) in [6.07, 6.45) is 0.538. The first kappa shape index (κ1) is 18.5. The molecule has 28 heavy (non-hydrogen) atoms. The van der Waals surface area contributed by atoms with Gasteiger partial charge in [0.2, 0.25) is 0 Å². The van der Waals surface area contributed by atoms with Gasteiger partial charge in [-0.3, -0.25) is 4.79 Å². The van der Waals surface area contributed by atoms with E-state index in [0.717, 1.165) is 25.0 Å². The summed E-state index contributed by atoms with van der Waals surface area (Å²) in [5, 5.41) is 3.83. The first-order valence-electron chi connectivity index (χ1n) is 8.99. The van der Waals surface area contributed by atoms with Crippen molar-refractivity contribution in [2.75, 3.05) is 5.32 Å². The normalized spacial score (nSPS) is 16.8. The van der Waals surface area contributed by atoms with Gasteiger partial charge in [-0.2, -0.15) is 13.2 Å². The van der Waals surface area contributed by atoms with E-state index in [0.29, 0.717) is 22.3 Å². The predicted octanol–water partition coefficient (Wildman–Crippen LogP) is 4.49. The maximum absolute atomic E-state index is 13.0. The molecule has 5 nitrogen and oxygen atoms in total. The number of fused-ring (bicyclic) bond motifs is 1.